The minimum atomic E-state index is -3.33. The normalized spacial score (nSPS) is 13.5. The van der Waals surface area contributed by atoms with Crippen LogP contribution in [0, 0.1) is 0 Å². The van der Waals surface area contributed by atoms with Gasteiger partial charge in [0.05, 0.1) is 0 Å². The number of benzene rings is 20. The van der Waals surface area contributed by atoms with Crippen LogP contribution in [0.3, 0.4) is 0 Å². The second-order valence-electron chi connectivity index (χ2n) is 25.7. The van der Waals surface area contributed by atoms with Crippen molar-refractivity contribution in [2.75, 3.05) is 0 Å². The van der Waals surface area contributed by atoms with E-state index in [9.17, 15) is 0 Å². The third-order valence-electron chi connectivity index (χ3n) is 21.6. The predicted molar refractivity (Wildman–Crippen MR) is 385 cm³/mol. The van der Waals surface area contributed by atoms with E-state index < -0.39 is 8.07 Å². The first-order valence-corrected chi connectivity index (χ1v) is 33.4. The fourth-order valence-corrected chi connectivity index (χ4v) is 23.6. The van der Waals surface area contributed by atoms with Crippen LogP contribution in [0.15, 0.2) is 291 Å². The molecule has 2 heterocycles. The molecule has 22 rings (SSSR count). The molecule has 0 saturated carbocycles. The molecule has 0 nitrogen and oxygen atoms in total. The second kappa shape index (κ2) is 16.6. The molecule has 0 bridgehead atoms. The van der Waals surface area contributed by atoms with E-state index in [2.05, 4.69) is 291 Å². The minimum Gasteiger partial charge on any atom is -0.0610 e. The van der Waals surface area contributed by atoms with Crippen molar-refractivity contribution in [3.63, 3.8) is 0 Å². The minimum absolute atomic E-state index is 1.26. The SMILES string of the molecule is c1cc2ccc3ccc(-c4ccc5c(c4)[Si]4(c6cc(-c7ccc8ccc9cccc%10ccc7c8c9%10)ccc6-5)c5cc(-c6ccc7ccc8cccc9ccc6c7c89)ccc5-c5ccc(-c6ccc7ccc8cccc9ccc6c7c89)cc54)c4ccc(c1)c2c34. The maximum absolute atomic E-state index is 3.33. The van der Waals surface area contributed by atoms with Crippen LogP contribution in [0.1, 0.15) is 0 Å². The molecule has 2 aliphatic rings. The lowest BCUT2D eigenvalue weighted by molar-refractivity contribution is 1.66. The van der Waals surface area contributed by atoms with Crippen molar-refractivity contribution in [2.45, 2.75) is 0 Å². The molecule has 20 aromatic carbocycles. The molecule has 89 heavy (non-hydrogen) atoms. The van der Waals surface area contributed by atoms with Gasteiger partial charge >= 0.3 is 0 Å². The van der Waals surface area contributed by atoms with Crippen molar-refractivity contribution >= 4 is 158 Å². The molecule has 0 N–H and O–H groups in total. The van der Waals surface area contributed by atoms with E-state index in [0.717, 1.165) is 0 Å². The molecule has 0 radical (unpaired) electrons. The smallest absolute Gasteiger partial charge is 0.0610 e. The van der Waals surface area contributed by atoms with Gasteiger partial charge in [-0.15, -0.1) is 0 Å². The van der Waals surface area contributed by atoms with Crippen molar-refractivity contribution in [2.24, 2.45) is 0 Å². The molecular formula is C88H48Si. The van der Waals surface area contributed by atoms with Crippen LogP contribution in [0.2, 0.25) is 0 Å². The van der Waals surface area contributed by atoms with E-state index in [0.29, 0.717) is 0 Å². The molecule has 0 atom stereocenters. The van der Waals surface area contributed by atoms with Gasteiger partial charge in [-0.05, 0) is 217 Å². The third kappa shape index (κ3) is 5.94. The quantitative estimate of drug-likeness (QED) is 0.122. The Morgan fingerprint density at radius 2 is 0.326 bits per heavy atom. The van der Waals surface area contributed by atoms with Crippen molar-refractivity contribution in [3.05, 3.63) is 291 Å². The van der Waals surface area contributed by atoms with Gasteiger partial charge < -0.3 is 0 Å². The fourth-order valence-electron chi connectivity index (χ4n) is 17.8. The van der Waals surface area contributed by atoms with Gasteiger partial charge in [0.25, 0.3) is 0 Å². The van der Waals surface area contributed by atoms with Crippen LogP contribution >= 0.6 is 0 Å². The van der Waals surface area contributed by atoms with Crippen LogP contribution in [0.5, 0.6) is 0 Å². The number of fused-ring (bicyclic) bond motifs is 10. The van der Waals surface area contributed by atoms with Crippen molar-refractivity contribution in [1.82, 2.24) is 0 Å². The first kappa shape index (κ1) is 47.0. The van der Waals surface area contributed by atoms with E-state index >= 15 is 0 Å². The van der Waals surface area contributed by atoms with Crippen molar-refractivity contribution < 1.29 is 0 Å². The second-order valence-corrected chi connectivity index (χ2v) is 29.3. The lowest BCUT2D eigenvalue weighted by atomic mass is 9.89. The van der Waals surface area contributed by atoms with Gasteiger partial charge in [-0.25, -0.2) is 0 Å². The molecule has 0 fully saturated rings. The Morgan fingerprint density at radius 3 is 0.551 bits per heavy atom. The molecular weight excluding hydrogens is 1090 g/mol. The summed E-state index contributed by atoms with van der Waals surface area (Å²) in [7, 11) is -3.33. The van der Waals surface area contributed by atoms with E-state index in [1.165, 1.54) is 217 Å². The van der Waals surface area contributed by atoms with E-state index in [1.54, 1.807) is 0 Å². The van der Waals surface area contributed by atoms with Crippen LogP contribution in [0.4, 0.5) is 0 Å². The van der Waals surface area contributed by atoms with Gasteiger partial charge in [0, 0.05) is 0 Å². The van der Waals surface area contributed by atoms with Crippen molar-refractivity contribution in [1.29, 1.82) is 0 Å². The summed E-state index contributed by atoms with van der Waals surface area (Å²) in [4.78, 5) is 0. The van der Waals surface area contributed by atoms with Gasteiger partial charge in [-0.2, -0.15) is 0 Å². The summed E-state index contributed by atoms with van der Waals surface area (Å²) in [5.41, 5.74) is 15.5. The Bertz CT molecular complexity index is 5680. The molecule has 0 amide bonds. The molecule has 20 aromatic rings. The average Bonchev–Trinajstić information content (AvgIpc) is 1.52. The maximum atomic E-state index is 2.67. The molecule has 0 aliphatic carbocycles. The molecule has 2 aliphatic heterocycles. The highest BCUT2D eigenvalue weighted by Crippen LogP contribution is 2.48. The summed E-state index contributed by atoms with van der Waals surface area (Å²) in [5, 5.41) is 37.2. The Morgan fingerprint density at radius 1 is 0.146 bits per heavy atom. The van der Waals surface area contributed by atoms with E-state index in [-0.39, 0.29) is 0 Å². The molecule has 0 unspecified atom stereocenters. The van der Waals surface area contributed by atoms with Gasteiger partial charge in [0.1, 0.15) is 0 Å². The number of rotatable bonds is 4. The summed E-state index contributed by atoms with van der Waals surface area (Å²) in [6, 6.07) is 114. The highest BCUT2D eigenvalue weighted by atomic mass is 28.3. The van der Waals surface area contributed by atoms with Gasteiger partial charge in [0.15, 0.2) is 8.07 Å². The van der Waals surface area contributed by atoms with Gasteiger partial charge in [-0.3, -0.25) is 0 Å². The summed E-state index contributed by atoms with van der Waals surface area (Å²) in [6.45, 7) is 0. The zero-order valence-electron chi connectivity index (χ0n) is 48.2. The van der Waals surface area contributed by atoms with Crippen LogP contribution < -0.4 is 20.7 Å². The molecule has 0 aromatic heterocycles. The first-order valence-electron chi connectivity index (χ1n) is 31.4. The van der Waals surface area contributed by atoms with Crippen LogP contribution in [0.25, 0.3) is 196 Å². The summed E-state index contributed by atoms with van der Waals surface area (Å²) in [5.74, 6) is 0. The summed E-state index contributed by atoms with van der Waals surface area (Å²) in [6.07, 6.45) is 0. The molecule has 0 saturated heterocycles. The lowest BCUT2D eigenvalue weighted by Gasteiger charge is -2.29. The fraction of sp³-hybridized carbons (Fsp3) is 0. The van der Waals surface area contributed by atoms with Crippen LogP contribution in [-0.4, -0.2) is 8.07 Å². The molecule has 1 spiro atoms. The van der Waals surface area contributed by atoms with Gasteiger partial charge in [0.2, 0.25) is 0 Å². The van der Waals surface area contributed by atoms with E-state index in [1.807, 2.05) is 0 Å². The highest BCUT2D eigenvalue weighted by Gasteiger charge is 2.55. The summed E-state index contributed by atoms with van der Waals surface area (Å²) >= 11 is 0. The first-order chi connectivity index (χ1) is 44.1. The third-order valence-corrected chi connectivity index (χ3v) is 26.5. The highest BCUT2D eigenvalue weighted by molar-refractivity contribution is 7.24. The van der Waals surface area contributed by atoms with Gasteiger partial charge in [-0.1, -0.05) is 291 Å². The monoisotopic (exact) mass is 1130 g/mol. The topological polar surface area (TPSA) is 0 Å². The molecule has 404 valence electrons. The Balaban J connectivity index is 0.859. The number of hydrogen-bond acceptors (Lipinski definition) is 0. The van der Waals surface area contributed by atoms with E-state index in [4.69, 9.17) is 0 Å². The Kier molecular flexibility index (Phi) is 8.78. The maximum Gasteiger partial charge on any atom is 0.182 e. The average molecular weight is 1130 g/mol. The number of hydrogen-bond donors (Lipinski definition) is 0. The zero-order valence-corrected chi connectivity index (χ0v) is 49.2. The van der Waals surface area contributed by atoms with Crippen molar-refractivity contribution in [3.8, 4) is 66.8 Å². The lowest BCUT2D eigenvalue weighted by Crippen LogP contribution is -2.70. The Labute approximate surface area is 512 Å². The van der Waals surface area contributed by atoms with Crippen LogP contribution in [-0.2, 0) is 0 Å². The standard InChI is InChI=1S/C88H48Si/c1-5-49-13-17-57-21-33-65(73-41-25-53(9-1)81(49)85(57)73)61-29-37-69-70-38-30-62(66-34-22-58-18-14-50-6-2-10-54-26-42-74(66)86(58)82(50)54)46-78(70)89(77(69)45-61)79-47-63(67-35-23-59-19-15-51-7-3-11-55-27-43-75(67)87(59)83(51)55)31-39-71(79)72-40-32-64(48-80(72)89)68-36-24-60-20-16-52-8-4-12-56-28-44-76(68)88(60)84(52)56/h1-48H. The Hall–Kier alpha value is -11.2. The predicted octanol–water partition coefficient (Wildman–Crippen LogP) is 21.3. The molecule has 1 heteroatoms. The summed E-state index contributed by atoms with van der Waals surface area (Å²) < 4.78 is 0. The largest absolute Gasteiger partial charge is 0.182 e. The zero-order chi connectivity index (χ0) is 57.5.